The summed E-state index contributed by atoms with van der Waals surface area (Å²) in [6.45, 7) is 8.42. The number of guanidine groups is 1. The van der Waals surface area contributed by atoms with Crippen molar-refractivity contribution in [2.45, 2.75) is 46.0 Å². The molecule has 23 heavy (non-hydrogen) atoms. The lowest BCUT2D eigenvalue weighted by molar-refractivity contribution is -0.120. The highest BCUT2D eigenvalue weighted by atomic mass is 16.3. The molecular formula is C17H30N4O2. The first kappa shape index (κ1) is 18.1. The second-order valence-electron chi connectivity index (χ2n) is 6.46. The van der Waals surface area contributed by atoms with Gasteiger partial charge in [-0.2, -0.15) is 4.99 Å². The molecule has 0 bridgehead atoms. The lowest BCUT2D eigenvalue weighted by atomic mass is 9.95. The number of β-amino-alcohol motifs (C(OH)–C–C–N with tert-alkyl or cyclic N) is 1. The molecule has 6 nitrogen and oxygen atoms in total. The number of carbonyl (C=O) groups excluding carboxylic acids is 1. The van der Waals surface area contributed by atoms with E-state index in [1.807, 2.05) is 6.92 Å². The summed E-state index contributed by atoms with van der Waals surface area (Å²) < 4.78 is 0. The van der Waals surface area contributed by atoms with E-state index in [1.165, 1.54) is 19.3 Å². The standard InChI is InChI=1S/C17H30N4O2/c1-3-4-5-6-7-15-14(2)18-17(19-16(15)23)21-10-8-20(9-11-21)12-13-22/h15,22H,3-13H2,1-2H3. The number of hydrogen-bond acceptors (Lipinski definition) is 5. The van der Waals surface area contributed by atoms with E-state index in [0.29, 0.717) is 12.5 Å². The van der Waals surface area contributed by atoms with Crippen molar-refractivity contribution in [1.82, 2.24) is 9.80 Å². The smallest absolute Gasteiger partial charge is 0.257 e. The van der Waals surface area contributed by atoms with Gasteiger partial charge in [0.1, 0.15) is 0 Å². The molecule has 1 unspecified atom stereocenters. The molecule has 2 heterocycles. The number of rotatable bonds is 7. The van der Waals surface area contributed by atoms with Gasteiger partial charge in [0.2, 0.25) is 5.96 Å². The third-order valence-electron chi connectivity index (χ3n) is 4.71. The maximum atomic E-state index is 12.3. The molecule has 130 valence electrons. The Hall–Kier alpha value is -1.27. The topological polar surface area (TPSA) is 68.5 Å². The van der Waals surface area contributed by atoms with Crippen LogP contribution in [0.3, 0.4) is 0 Å². The van der Waals surface area contributed by atoms with Gasteiger partial charge in [-0.25, -0.2) is 4.99 Å². The van der Waals surface area contributed by atoms with Crippen molar-refractivity contribution in [3.8, 4) is 0 Å². The first-order valence-corrected chi connectivity index (χ1v) is 8.91. The fraction of sp³-hybridized carbons (Fsp3) is 0.824. The Kier molecular flexibility index (Phi) is 7.17. The molecule has 6 heteroatoms. The van der Waals surface area contributed by atoms with Crippen molar-refractivity contribution in [2.24, 2.45) is 15.9 Å². The van der Waals surface area contributed by atoms with Crippen LogP contribution in [0, 0.1) is 5.92 Å². The molecule has 1 fully saturated rings. The van der Waals surface area contributed by atoms with E-state index < -0.39 is 0 Å². The largest absolute Gasteiger partial charge is 0.395 e. The molecule has 0 aromatic rings. The van der Waals surface area contributed by atoms with Crippen molar-refractivity contribution < 1.29 is 9.90 Å². The zero-order valence-electron chi connectivity index (χ0n) is 14.5. The van der Waals surface area contributed by atoms with Crippen LogP contribution in [-0.4, -0.2) is 71.8 Å². The second kappa shape index (κ2) is 9.13. The van der Waals surface area contributed by atoms with Crippen LogP contribution in [0.2, 0.25) is 0 Å². The van der Waals surface area contributed by atoms with Crippen LogP contribution in [0.25, 0.3) is 0 Å². The van der Waals surface area contributed by atoms with Gasteiger partial charge < -0.3 is 10.0 Å². The minimum Gasteiger partial charge on any atom is -0.395 e. The molecule has 0 aromatic heterocycles. The molecule has 1 amide bonds. The molecule has 0 aliphatic carbocycles. The Labute approximate surface area is 139 Å². The molecular weight excluding hydrogens is 292 g/mol. The molecule has 0 radical (unpaired) electrons. The quantitative estimate of drug-likeness (QED) is 0.722. The van der Waals surface area contributed by atoms with Crippen LogP contribution in [-0.2, 0) is 4.79 Å². The molecule has 0 spiro atoms. The Morgan fingerprint density at radius 2 is 1.87 bits per heavy atom. The normalized spacial score (nSPS) is 23.0. The highest BCUT2D eigenvalue weighted by Crippen LogP contribution is 2.19. The predicted molar refractivity (Wildman–Crippen MR) is 92.9 cm³/mol. The molecule has 2 rings (SSSR count). The summed E-state index contributed by atoms with van der Waals surface area (Å²) in [5.41, 5.74) is 0.911. The molecule has 0 saturated carbocycles. The maximum absolute atomic E-state index is 12.3. The highest BCUT2D eigenvalue weighted by molar-refractivity contribution is 6.14. The summed E-state index contributed by atoms with van der Waals surface area (Å²) in [5, 5.41) is 8.99. The summed E-state index contributed by atoms with van der Waals surface area (Å²) in [6.07, 6.45) is 5.55. The van der Waals surface area contributed by atoms with Crippen molar-refractivity contribution >= 4 is 17.6 Å². The summed E-state index contributed by atoms with van der Waals surface area (Å²) in [7, 11) is 0. The van der Waals surface area contributed by atoms with Gasteiger partial charge >= 0.3 is 0 Å². The van der Waals surface area contributed by atoms with E-state index in [0.717, 1.165) is 44.7 Å². The Morgan fingerprint density at radius 1 is 1.13 bits per heavy atom. The number of amides is 1. The van der Waals surface area contributed by atoms with Gasteiger partial charge in [0, 0.05) is 38.4 Å². The minimum atomic E-state index is -0.119. The predicted octanol–water partition coefficient (Wildman–Crippen LogP) is 1.54. The minimum absolute atomic E-state index is 0.0261. The van der Waals surface area contributed by atoms with Crippen molar-refractivity contribution in [1.29, 1.82) is 0 Å². The highest BCUT2D eigenvalue weighted by Gasteiger charge is 2.28. The lowest BCUT2D eigenvalue weighted by Gasteiger charge is -2.35. The zero-order chi connectivity index (χ0) is 16.7. The first-order chi connectivity index (χ1) is 11.2. The van der Waals surface area contributed by atoms with Gasteiger partial charge in [-0.3, -0.25) is 9.69 Å². The number of carbonyl (C=O) groups is 1. The summed E-state index contributed by atoms with van der Waals surface area (Å²) in [6, 6.07) is 0. The van der Waals surface area contributed by atoms with Crippen molar-refractivity contribution in [3.63, 3.8) is 0 Å². The van der Waals surface area contributed by atoms with Crippen LogP contribution in [0.1, 0.15) is 46.0 Å². The number of aliphatic hydroxyl groups is 1. The van der Waals surface area contributed by atoms with Gasteiger partial charge in [0.25, 0.3) is 5.91 Å². The SMILES string of the molecule is CCCCCCC1C(=O)N=C(N2CCN(CCO)CC2)N=C1C. The third kappa shape index (κ3) is 5.11. The van der Waals surface area contributed by atoms with Crippen LogP contribution in [0.15, 0.2) is 9.98 Å². The zero-order valence-corrected chi connectivity index (χ0v) is 14.5. The third-order valence-corrected chi connectivity index (χ3v) is 4.71. The van der Waals surface area contributed by atoms with E-state index in [1.54, 1.807) is 0 Å². The van der Waals surface area contributed by atoms with E-state index in [4.69, 9.17) is 5.11 Å². The van der Waals surface area contributed by atoms with Crippen molar-refractivity contribution in [2.75, 3.05) is 39.3 Å². The van der Waals surface area contributed by atoms with Crippen LogP contribution in [0.5, 0.6) is 0 Å². The average Bonchev–Trinajstić information content (AvgIpc) is 2.54. The first-order valence-electron chi connectivity index (χ1n) is 8.91. The van der Waals surface area contributed by atoms with Gasteiger partial charge in [-0.05, 0) is 13.3 Å². The van der Waals surface area contributed by atoms with E-state index in [-0.39, 0.29) is 18.4 Å². The molecule has 1 N–H and O–H groups in total. The molecule has 2 aliphatic rings. The van der Waals surface area contributed by atoms with E-state index in [2.05, 4.69) is 26.7 Å². The maximum Gasteiger partial charge on any atom is 0.257 e. The van der Waals surface area contributed by atoms with Crippen LogP contribution in [0.4, 0.5) is 0 Å². The number of piperazine rings is 1. The number of nitrogens with zero attached hydrogens (tertiary/aromatic N) is 4. The van der Waals surface area contributed by atoms with Crippen molar-refractivity contribution in [3.05, 3.63) is 0 Å². The number of hydrogen-bond donors (Lipinski definition) is 1. The van der Waals surface area contributed by atoms with Gasteiger partial charge in [0.15, 0.2) is 0 Å². The molecule has 1 saturated heterocycles. The summed E-state index contributed by atoms with van der Waals surface area (Å²) >= 11 is 0. The van der Waals surface area contributed by atoms with E-state index in [9.17, 15) is 4.79 Å². The Morgan fingerprint density at radius 3 is 2.48 bits per heavy atom. The second-order valence-corrected chi connectivity index (χ2v) is 6.46. The van der Waals surface area contributed by atoms with Crippen LogP contribution >= 0.6 is 0 Å². The molecule has 1 atom stereocenters. The average molecular weight is 322 g/mol. The summed E-state index contributed by atoms with van der Waals surface area (Å²) in [5.74, 6) is 0.439. The number of aliphatic imine (C=N–C) groups is 2. The Balaban J connectivity index is 1.87. The Bertz CT molecular complexity index is 454. The van der Waals surface area contributed by atoms with Crippen LogP contribution < -0.4 is 0 Å². The lowest BCUT2D eigenvalue weighted by Crippen LogP contribution is -2.50. The number of unbranched alkanes of at least 4 members (excludes halogenated alkanes) is 3. The molecule has 2 aliphatic heterocycles. The monoisotopic (exact) mass is 322 g/mol. The fourth-order valence-corrected chi connectivity index (χ4v) is 3.18. The van der Waals surface area contributed by atoms with Gasteiger partial charge in [-0.1, -0.05) is 32.6 Å². The van der Waals surface area contributed by atoms with Gasteiger partial charge in [-0.15, -0.1) is 0 Å². The van der Waals surface area contributed by atoms with E-state index >= 15 is 0 Å². The van der Waals surface area contributed by atoms with Gasteiger partial charge in [0.05, 0.1) is 12.5 Å². The summed E-state index contributed by atoms with van der Waals surface area (Å²) in [4.78, 5) is 25.5. The fourth-order valence-electron chi connectivity index (χ4n) is 3.18. The number of aliphatic hydroxyl groups excluding tert-OH is 1. The molecule has 0 aromatic carbocycles.